The van der Waals surface area contributed by atoms with Gasteiger partial charge in [0, 0.05) is 30.4 Å². The Balaban J connectivity index is 1.80. The van der Waals surface area contributed by atoms with Gasteiger partial charge in [-0.05, 0) is 56.5 Å². The molecule has 1 amide bonds. The first-order valence-corrected chi connectivity index (χ1v) is 10.4. The first-order chi connectivity index (χ1) is 13.2. The number of hydrogen-bond acceptors (Lipinski definition) is 2. The van der Waals surface area contributed by atoms with Crippen molar-refractivity contribution in [1.82, 2.24) is 0 Å². The summed E-state index contributed by atoms with van der Waals surface area (Å²) in [6, 6.07) is 18.8. The predicted octanol–water partition coefficient (Wildman–Crippen LogP) is 5.65. The molecule has 3 nitrogen and oxygen atoms in total. The lowest BCUT2D eigenvalue weighted by molar-refractivity contribution is -0.123. The summed E-state index contributed by atoms with van der Waals surface area (Å²) in [7, 11) is 0. The summed E-state index contributed by atoms with van der Waals surface area (Å²) in [5.41, 5.74) is 3.42. The van der Waals surface area contributed by atoms with Crippen LogP contribution >= 0.6 is 0 Å². The molecule has 0 spiro atoms. The van der Waals surface area contributed by atoms with E-state index in [2.05, 4.69) is 43.0 Å². The molecule has 1 aliphatic carbocycles. The standard InChI is InChI=1S/C24H32N2O/c1-3-25(4-2)22-17-15-20(16-18-22)19-26(23-13-9-6-10-14-23)24(27)21-11-7-5-8-12-21/h6,9-10,13-18,21H,3-5,7-8,11-12,19H2,1-2H3. The average molecular weight is 365 g/mol. The highest BCUT2D eigenvalue weighted by Crippen LogP contribution is 2.29. The van der Waals surface area contributed by atoms with Crippen LogP contribution < -0.4 is 9.80 Å². The van der Waals surface area contributed by atoms with Crippen LogP contribution in [-0.4, -0.2) is 19.0 Å². The summed E-state index contributed by atoms with van der Waals surface area (Å²) in [5, 5.41) is 0. The minimum absolute atomic E-state index is 0.175. The lowest BCUT2D eigenvalue weighted by Crippen LogP contribution is -2.36. The van der Waals surface area contributed by atoms with Gasteiger partial charge in [0.15, 0.2) is 0 Å². The van der Waals surface area contributed by atoms with Gasteiger partial charge >= 0.3 is 0 Å². The second kappa shape index (κ2) is 9.59. The number of anilines is 2. The van der Waals surface area contributed by atoms with Gasteiger partial charge in [-0.15, -0.1) is 0 Å². The van der Waals surface area contributed by atoms with Gasteiger partial charge in [0.05, 0.1) is 6.54 Å². The molecule has 0 heterocycles. The van der Waals surface area contributed by atoms with E-state index in [0.29, 0.717) is 6.54 Å². The Morgan fingerprint density at radius 1 is 0.852 bits per heavy atom. The van der Waals surface area contributed by atoms with Gasteiger partial charge < -0.3 is 9.80 Å². The Kier molecular flexibility index (Phi) is 6.92. The normalized spacial score (nSPS) is 14.7. The Bertz CT molecular complexity index is 701. The molecule has 0 unspecified atom stereocenters. The molecule has 0 aromatic heterocycles. The van der Waals surface area contributed by atoms with Crippen molar-refractivity contribution in [2.45, 2.75) is 52.5 Å². The number of carbonyl (C=O) groups is 1. The van der Waals surface area contributed by atoms with Crippen LogP contribution in [0.15, 0.2) is 54.6 Å². The van der Waals surface area contributed by atoms with Gasteiger partial charge in [-0.3, -0.25) is 4.79 Å². The van der Waals surface area contributed by atoms with E-state index in [1.807, 2.05) is 35.2 Å². The highest BCUT2D eigenvalue weighted by molar-refractivity contribution is 5.95. The monoisotopic (exact) mass is 364 g/mol. The molecule has 0 N–H and O–H groups in total. The molecular weight excluding hydrogens is 332 g/mol. The van der Waals surface area contributed by atoms with E-state index in [9.17, 15) is 4.79 Å². The first kappa shape index (κ1) is 19.5. The molecule has 3 heteroatoms. The number of benzene rings is 2. The maximum absolute atomic E-state index is 13.3. The summed E-state index contributed by atoms with van der Waals surface area (Å²) in [6.45, 7) is 7.00. The van der Waals surface area contributed by atoms with E-state index < -0.39 is 0 Å². The Hall–Kier alpha value is -2.29. The first-order valence-electron chi connectivity index (χ1n) is 10.4. The minimum Gasteiger partial charge on any atom is -0.372 e. The maximum atomic E-state index is 13.3. The van der Waals surface area contributed by atoms with Crippen LogP contribution in [0.5, 0.6) is 0 Å². The molecule has 1 fully saturated rings. The van der Waals surface area contributed by atoms with Gasteiger partial charge in [0.25, 0.3) is 0 Å². The number of carbonyl (C=O) groups excluding carboxylic acids is 1. The Labute approximate surface area is 164 Å². The molecule has 3 rings (SSSR count). The van der Waals surface area contributed by atoms with Crippen LogP contribution in [0.3, 0.4) is 0 Å². The third kappa shape index (κ3) is 4.91. The number of hydrogen-bond donors (Lipinski definition) is 0. The van der Waals surface area contributed by atoms with Gasteiger partial charge in [-0.2, -0.15) is 0 Å². The van der Waals surface area contributed by atoms with Crippen LogP contribution in [-0.2, 0) is 11.3 Å². The third-order valence-electron chi connectivity index (χ3n) is 5.69. The zero-order valence-corrected chi connectivity index (χ0v) is 16.7. The van der Waals surface area contributed by atoms with E-state index in [1.54, 1.807) is 0 Å². The molecular formula is C24H32N2O. The molecule has 144 valence electrons. The summed E-state index contributed by atoms with van der Waals surface area (Å²) < 4.78 is 0. The summed E-state index contributed by atoms with van der Waals surface area (Å²) in [6.07, 6.45) is 5.68. The van der Waals surface area contributed by atoms with E-state index >= 15 is 0 Å². The second-order valence-electron chi connectivity index (χ2n) is 7.43. The van der Waals surface area contributed by atoms with Crippen molar-refractivity contribution in [1.29, 1.82) is 0 Å². The quantitative estimate of drug-likeness (QED) is 0.634. The smallest absolute Gasteiger partial charge is 0.230 e. The van der Waals surface area contributed by atoms with E-state index in [-0.39, 0.29) is 11.8 Å². The lowest BCUT2D eigenvalue weighted by atomic mass is 9.88. The third-order valence-corrected chi connectivity index (χ3v) is 5.69. The molecule has 1 aliphatic rings. The summed E-state index contributed by atoms with van der Waals surface area (Å²) >= 11 is 0. The van der Waals surface area contributed by atoms with Crippen molar-refractivity contribution in [3.05, 3.63) is 60.2 Å². The van der Waals surface area contributed by atoms with Crippen molar-refractivity contribution in [3.63, 3.8) is 0 Å². The molecule has 27 heavy (non-hydrogen) atoms. The molecule has 2 aromatic rings. The molecule has 0 atom stereocenters. The molecule has 2 aromatic carbocycles. The van der Waals surface area contributed by atoms with Crippen molar-refractivity contribution >= 4 is 17.3 Å². The van der Waals surface area contributed by atoms with E-state index in [0.717, 1.165) is 31.6 Å². The fourth-order valence-electron chi connectivity index (χ4n) is 4.06. The van der Waals surface area contributed by atoms with Crippen molar-refractivity contribution in [3.8, 4) is 0 Å². The SMILES string of the molecule is CCN(CC)c1ccc(CN(C(=O)C2CCCCC2)c2ccccc2)cc1. The highest BCUT2D eigenvalue weighted by Gasteiger charge is 2.27. The van der Waals surface area contributed by atoms with Crippen molar-refractivity contribution in [2.24, 2.45) is 5.92 Å². The fourth-order valence-corrected chi connectivity index (χ4v) is 4.06. The Morgan fingerprint density at radius 3 is 2.07 bits per heavy atom. The zero-order valence-electron chi connectivity index (χ0n) is 16.7. The summed E-state index contributed by atoms with van der Waals surface area (Å²) in [4.78, 5) is 17.6. The molecule has 0 bridgehead atoms. The highest BCUT2D eigenvalue weighted by atomic mass is 16.2. The second-order valence-corrected chi connectivity index (χ2v) is 7.43. The van der Waals surface area contributed by atoms with E-state index in [1.165, 1.54) is 30.5 Å². The number of rotatable bonds is 7. The Morgan fingerprint density at radius 2 is 1.48 bits per heavy atom. The molecule has 0 radical (unpaired) electrons. The zero-order chi connectivity index (χ0) is 19.1. The van der Waals surface area contributed by atoms with Gasteiger partial charge in [0.1, 0.15) is 0 Å². The topological polar surface area (TPSA) is 23.6 Å². The van der Waals surface area contributed by atoms with Crippen LogP contribution in [0, 0.1) is 5.92 Å². The maximum Gasteiger partial charge on any atom is 0.230 e. The molecule has 1 saturated carbocycles. The van der Waals surface area contributed by atoms with Crippen molar-refractivity contribution < 1.29 is 4.79 Å². The minimum atomic E-state index is 0.175. The van der Waals surface area contributed by atoms with Crippen LogP contribution in [0.1, 0.15) is 51.5 Å². The average Bonchev–Trinajstić information content (AvgIpc) is 2.74. The van der Waals surface area contributed by atoms with Crippen molar-refractivity contribution in [2.75, 3.05) is 22.9 Å². The lowest BCUT2D eigenvalue weighted by Gasteiger charge is -2.30. The predicted molar refractivity (Wildman–Crippen MR) is 114 cm³/mol. The van der Waals surface area contributed by atoms with Gasteiger partial charge in [0.2, 0.25) is 5.91 Å². The fraction of sp³-hybridized carbons (Fsp3) is 0.458. The largest absolute Gasteiger partial charge is 0.372 e. The van der Waals surface area contributed by atoms with Gasteiger partial charge in [-0.1, -0.05) is 49.6 Å². The molecule has 0 aliphatic heterocycles. The molecule has 0 saturated heterocycles. The van der Waals surface area contributed by atoms with Crippen LogP contribution in [0.4, 0.5) is 11.4 Å². The van der Waals surface area contributed by atoms with Crippen LogP contribution in [0.2, 0.25) is 0 Å². The number of amides is 1. The van der Waals surface area contributed by atoms with Crippen LogP contribution in [0.25, 0.3) is 0 Å². The summed E-state index contributed by atoms with van der Waals surface area (Å²) in [5.74, 6) is 0.461. The number of nitrogens with zero attached hydrogens (tertiary/aromatic N) is 2. The van der Waals surface area contributed by atoms with Gasteiger partial charge in [-0.25, -0.2) is 0 Å². The van der Waals surface area contributed by atoms with E-state index in [4.69, 9.17) is 0 Å². The number of para-hydroxylation sites is 1.